The molecule has 0 radical (unpaired) electrons. The lowest BCUT2D eigenvalue weighted by Crippen LogP contribution is -2.58. The summed E-state index contributed by atoms with van der Waals surface area (Å²) in [6, 6.07) is -0.622. The molecule has 1 saturated heterocycles. The van der Waals surface area contributed by atoms with E-state index in [2.05, 4.69) is 10.5 Å². The maximum atomic E-state index is 12.5. The predicted molar refractivity (Wildman–Crippen MR) is 72.9 cm³/mol. The quantitative estimate of drug-likeness (QED) is 0.905. The molecule has 1 N–H and O–H groups in total. The zero-order valence-corrected chi connectivity index (χ0v) is 12.4. The monoisotopic (exact) mass is 279 g/mol. The highest BCUT2D eigenvalue weighted by Crippen LogP contribution is 2.28. The molecule has 1 fully saturated rings. The number of hydrogen-bond donors (Lipinski definition) is 1. The molecule has 6 nitrogen and oxygen atoms in total. The Hall–Kier alpha value is -1.85. The van der Waals surface area contributed by atoms with E-state index in [1.807, 2.05) is 27.7 Å². The van der Waals surface area contributed by atoms with Gasteiger partial charge in [0, 0.05) is 5.56 Å². The summed E-state index contributed by atoms with van der Waals surface area (Å²) in [6.07, 6.45) is 1.51. The van der Waals surface area contributed by atoms with Gasteiger partial charge in [0.05, 0.1) is 11.7 Å². The normalized spacial score (nSPS) is 21.0. The van der Waals surface area contributed by atoms with Crippen LogP contribution in [0, 0.1) is 13.8 Å². The molecule has 2 unspecified atom stereocenters. The van der Waals surface area contributed by atoms with Crippen molar-refractivity contribution in [1.29, 1.82) is 0 Å². The maximum Gasteiger partial charge on any atom is 0.246 e. The number of rotatable bonds is 4. The molecule has 6 heteroatoms. The SMILES string of the molecule is CCCC1NC(=O)CN(C(C)c2c(C)noc2C)C1=O. The minimum absolute atomic E-state index is 0.0287. The highest BCUT2D eigenvalue weighted by molar-refractivity contribution is 5.95. The van der Waals surface area contributed by atoms with Crippen molar-refractivity contribution in [2.24, 2.45) is 0 Å². The molecule has 2 heterocycles. The van der Waals surface area contributed by atoms with Gasteiger partial charge in [0.15, 0.2) is 0 Å². The topological polar surface area (TPSA) is 75.4 Å². The van der Waals surface area contributed by atoms with Crippen molar-refractivity contribution in [1.82, 2.24) is 15.4 Å². The number of carbonyl (C=O) groups is 2. The van der Waals surface area contributed by atoms with Crippen LogP contribution < -0.4 is 5.32 Å². The van der Waals surface area contributed by atoms with Gasteiger partial charge in [-0.1, -0.05) is 18.5 Å². The average Bonchev–Trinajstić information content (AvgIpc) is 2.72. The zero-order chi connectivity index (χ0) is 14.9. The van der Waals surface area contributed by atoms with E-state index in [0.717, 1.165) is 17.7 Å². The fourth-order valence-corrected chi connectivity index (χ4v) is 2.79. The summed E-state index contributed by atoms with van der Waals surface area (Å²) in [7, 11) is 0. The molecule has 1 aliphatic heterocycles. The molecule has 0 aliphatic carbocycles. The van der Waals surface area contributed by atoms with E-state index in [-0.39, 0.29) is 24.4 Å². The van der Waals surface area contributed by atoms with Gasteiger partial charge in [-0.25, -0.2) is 0 Å². The van der Waals surface area contributed by atoms with E-state index in [4.69, 9.17) is 4.52 Å². The molecule has 0 spiro atoms. The standard InChI is InChI=1S/C14H21N3O3/c1-5-6-11-14(19)17(7-12(18)15-11)9(3)13-8(2)16-20-10(13)4/h9,11H,5-7H2,1-4H3,(H,15,18). The fourth-order valence-electron chi connectivity index (χ4n) is 2.79. The second-order valence-corrected chi connectivity index (χ2v) is 5.29. The van der Waals surface area contributed by atoms with Gasteiger partial charge in [-0.2, -0.15) is 0 Å². The van der Waals surface area contributed by atoms with Crippen molar-refractivity contribution in [3.05, 3.63) is 17.0 Å². The first-order valence-electron chi connectivity index (χ1n) is 6.98. The number of nitrogens with zero attached hydrogens (tertiary/aromatic N) is 2. The van der Waals surface area contributed by atoms with Crippen LogP contribution in [0.5, 0.6) is 0 Å². The van der Waals surface area contributed by atoms with Crippen LogP contribution in [0.15, 0.2) is 4.52 Å². The first kappa shape index (κ1) is 14.6. The summed E-state index contributed by atoms with van der Waals surface area (Å²) < 4.78 is 5.16. The van der Waals surface area contributed by atoms with E-state index in [1.165, 1.54) is 0 Å². The average molecular weight is 279 g/mol. The number of amides is 2. The molecule has 2 amide bonds. The molecule has 1 aromatic rings. The molecule has 2 atom stereocenters. The molecule has 0 saturated carbocycles. The van der Waals surface area contributed by atoms with Crippen molar-refractivity contribution < 1.29 is 14.1 Å². The van der Waals surface area contributed by atoms with Gasteiger partial charge in [0.25, 0.3) is 0 Å². The maximum absolute atomic E-state index is 12.5. The Morgan fingerprint density at radius 3 is 2.70 bits per heavy atom. The Kier molecular flexibility index (Phi) is 4.11. The molecule has 20 heavy (non-hydrogen) atoms. The second-order valence-electron chi connectivity index (χ2n) is 5.29. The van der Waals surface area contributed by atoms with Gasteiger partial charge < -0.3 is 14.7 Å². The van der Waals surface area contributed by atoms with Gasteiger partial charge in [-0.15, -0.1) is 0 Å². The Bertz CT molecular complexity index is 504. The summed E-state index contributed by atoms with van der Waals surface area (Å²) >= 11 is 0. The van der Waals surface area contributed by atoms with Gasteiger partial charge in [0.2, 0.25) is 11.8 Å². The van der Waals surface area contributed by atoms with E-state index in [9.17, 15) is 9.59 Å². The van der Waals surface area contributed by atoms with Crippen LogP contribution in [0.1, 0.15) is 49.7 Å². The number of nitrogens with one attached hydrogen (secondary N) is 1. The molecule has 0 aromatic carbocycles. The van der Waals surface area contributed by atoms with Crippen molar-refractivity contribution in [2.45, 2.75) is 52.6 Å². The summed E-state index contributed by atoms with van der Waals surface area (Å²) in [4.78, 5) is 25.9. The van der Waals surface area contributed by atoms with Crippen LogP contribution >= 0.6 is 0 Å². The van der Waals surface area contributed by atoms with Crippen LogP contribution in [-0.4, -0.2) is 34.5 Å². The van der Waals surface area contributed by atoms with Crippen LogP contribution in [0.3, 0.4) is 0 Å². The number of hydrogen-bond acceptors (Lipinski definition) is 4. The smallest absolute Gasteiger partial charge is 0.246 e. The minimum atomic E-state index is -0.413. The van der Waals surface area contributed by atoms with Crippen LogP contribution in [0.2, 0.25) is 0 Å². The highest BCUT2D eigenvalue weighted by atomic mass is 16.5. The zero-order valence-electron chi connectivity index (χ0n) is 12.4. The van der Waals surface area contributed by atoms with Gasteiger partial charge in [-0.3, -0.25) is 9.59 Å². The molecular formula is C14H21N3O3. The summed E-state index contributed by atoms with van der Waals surface area (Å²) in [5.74, 6) is 0.557. The summed E-state index contributed by atoms with van der Waals surface area (Å²) in [6.45, 7) is 7.66. The Balaban J connectivity index is 2.26. The second kappa shape index (κ2) is 5.64. The van der Waals surface area contributed by atoms with Crippen molar-refractivity contribution in [2.75, 3.05) is 6.54 Å². The predicted octanol–water partition coefficient (Wildman–Crippen LogP) is 1.48. The molecule has 1 aliphatic rings. The number of aromatic nitrogens is 1. The Morgan fingerprint density at radius 2 is 2.15 bits per heavy atom. The van der Waals surface area contributed by atoms with Crippen LogP contribution in [-0.2, 0) is 9.59 Å². The van der Waals surface area contributed by atoms with Gasteiger partial charge >= 0.3 is 0 Å². The third kappa shape index (κ3) is 2.55. The van der Waals surface area contributed by atoms with E-state index >= 15 is 0 Å². The first-order valence-corrected chi connectivity index (χ1v) is 6.98. The van der Waals surface area contributed by atoms with Crippen LogP contribution in [0.25, 0.3) is 0 Å². The Morgan fingerprint density at radius 1 is 1.45 bits per heavy atom. The van der Waals surface area contributed by atoms with E-state index in [0.29, 0.717) is 12.2 Å². The number of piperazine rings is 1. The molecule has 2 rings (SSSR count). The van der Waals surface area contributed by atoms with Gasteiger partial charge in [0.1, 0.15) is 18.3 Å². The van der Waals surface area contributed by atoms with Crippen LogP contribution in [0.4, 0.5) is 0 Å². The number of aryl methyl sites for hydroxylation is 2. The minimum Gasteiger partial charge on any atom is -0.361 e. The lowest BCUT2D eigenvalue weighted by Gasteiger charge is -2.36. The molecular weight excluding hydrogens is 258 g/mol. The third-order valence-electron chi connectivity index (χ3n) is 3.78. The molecule has 0 bridgehead atoms. The lowest BCUT2D eigenvalue weighted by molar-refractivity contribution is -0.146. The van der Waals surface area contributed by atoms with E-state index in [1.54, 1.807) is 4.90 Å². The first-order chi connectivity index (χ1) is 9.45. The number of carbonyl (C=O) groups excluding carboxylic acids is 2. The van der Waals surface area contributed by atoms with Crippen molar-refractivity contribution >= 4 is 11.8 Å². The summed E-state index contributed by atoms with van der Waals surface area (Å²) in [5.41, 5.74) is 1.66. The van der Waals surface area contributed by atoms with Crippen molar-refractivity contribution in [3.8, 4) is 0 Å². The van der Waals surface area contributed by atoms with E-state index < -0.39 is 6.04 Å². The largest absolute Gasteiger partial charge is 0.361 e. The van der Waals surface area contributed by atoms with Gasteiger partial charge in [-0.05, 0) is 27.2 Å². The molecule has 1 aromatic heterocycles. The lowest BCUT2D eigenvalue weighted by atomic mass is 10.0. The third-order valence-corrected chi connectivity index (χ3v) is 3.78. The Labute approximate surface area is 118 Å². The fraction of sp³-hybridized carbons (Fsp3) is 0.643. The summed E-state index contributed by atoms with van der Waals surface area (Å²) in [5, 5.41) is 6.68. The molecule has 110 valence electrons. The van der Waals surface area contributed by atoms with Crippen molar-refractivity contribution in [3.63, 3.8) is 0 Å². The highest BCUT2D eigenvalue weighted by Gasteiger charge is 2.36.